The van der Waals surface area contributed by atoms with Crippen molar-refractivity contribution in [3.63, 3.8) is 0 Å². The van der Waals surface area contributed by atoms with Crippen LogP contribution in [-0.2, 0) is 4.79 Å². The first-order valence-corrected chi connectivity index (χ1v) is 7.18. The molecule has 1 aliphatic rings. The molecule has 1 amide bonds. The molecule has 1 heterocycles. The third-order valence-electron chi connectivity index (χ3n) is 3.69. The Morgan fingerprint density at radius 3 is 2.35 bits per heavy atom. The summed E-state index contributed by atoms with van der Waals surface area (Å²) >= 11 is 0. The van der Waals surface area contributed by atoms with Crippen LogP contribution < -0.4 is 4.74 Å². The number of amides is 1. The molecule has 1 fully saturated rings. The molecule has 0 bridgehead atoms. The highest BCUT2D eigenvalue weighted by Gasteiger charge is 2.26. The summed E-state index contributed by atoms with van der Waals surface area (Å²) in [6.07, 6.45) is 1.95. The van der Waals surface area contributed by atoms with Crippen molar-refractivity contribution in [1.29, 1.82) is 0 Å². The Morgan fingerprint density at radius 2 is 1.80 bits per heavy atom. The van der Waals surface area contributed by atoms with E-state index in [0.717, 1.165) is 12.8 Å². The van der Waals surface area contributed by atoms with E-state index in [4.69, 9.17) is 4.74 Å². The maximum atomic E-state index is 12.2. The van der Waals surface area contributed by atoms with Crippen LogP contribution in [0.1, 0.15) is 37.0 Å². The van der Waals surface area contributed by atoms with Crippen molar-refractivity contribution in [3.05, 3.63) is 29.8 Å². The molecular weight excluding hydrogens is 254 g/mol. The molecule has 2 rings (SSSR count). The summed E-state index contributed by atoms with van der Waals surface area (Å²) in [6, 6.07) is 6.75. The quantitative estimate of drug-likeness (QED) is 0.626. The summed E-state index contributed by atoms with van der Waals surface area (Å²) in [4.78, 5) is 26.0. The molecule has 4 heteroatoms. The molecule has 4 nitrogen and oxygen atoms in total. The molecular formula is C16H21NO3. The summed E-state index contributed by atoms with van der Waals surface area (Å²) in [7, 11) is 0. The van der Waals surface area contributed by atoms with Crippen LogP contribution in [0.2, 0.25) is 0 Å². The van der Waals surface area contributed by atoms with E-state index in [1.165, 1.54) is 0 Å². The van der Waals surface area contributed by atoms with Gasteiger partial charge in [0.05, 0.1) is 6.61 Å². The standard InChI is InChI=1S/C16H21NO3/c1-3-20-14-6-4-13(5-7-14)15(18)16(19)17-10-8-12(2)9-11-17/h4-7,12H,3,8-11H2,1-2H3. The number of hydrogen-bond acceptors (Lipinski definition) is 3. The minimum Gasteiger partial charge on any atom is -0.494 e. The van der Waals surface area contributed by atoms with Crippen molar-refractivity contribution in [3.8, 4) is 5.75 Å². The number of benzene rings is 1. The molecule has 0 aromatic heterocycles. The number of likely N-dealkylation sites (tertiary alicyclic amines) is 1. The van der Waals surface area contributed by atoms with E-state index in [1.54, 1.807) is 29.2 Å². The average Bonchev–Trinajstić information content (AvgIpc) is 2.48. The van der Waals surface area contributed by atoms with Gasteiger partial charge in [-0.15, -0.1) is 0 Å². The number of ketones is 1. The van der Waals surface area contributed by atoms with Gasteiger partial charge >= 0.3 is 0 Å². The molecule has 0 unspecified atom stereocenters. The van der Waals surface area contributed by atoms with Crippen LogP contribution in [0.5, 0.6) is 5.75 Å². The lowest BCUT2D eigenvalue weighted by atomic mass is 9.98. The van der Waals surface area contributed by atoms with Crippen molar-refractivity contribution in [2.45, 2.75) is 26.7 Å². The molecule has 0 atom stereocenters. The molecule has 0 radical (unpaired) electrons. The zero-order valence-electron chi connectivity index (χ0n) is 12.1. The van der Waals surface area contributed by atoms with Crippen molar-refractivity contribution in [1.82, 2.24) is 4.90 Å². The van der Waals surface area contributed by atoms with Crippen LogP contribution in [0.25, 0.3) is 0 Å². The lowest BCUT2D eigenvalue weighted by Crippen LogP contribution is -2.41. The van der Waals surface area contributed by atoms with E-state index in [2.05, 4.69) is 6.92 Å². The molecule has 0 aliphatic carbocycles. The van der Waals surface area contributed by atoms with E-state index >= 15 is 0 Å². The van der Waals surface area contributed by atoms with Gasteiger partial charge in [-0.3, -0.25) is 9.59 Å². The van der Waals surface area contributed by atoms with E-state index in [0.29, 0.717) is 36.9 Å². The summed E-state index contributed by atoms with van der Waals surface area (Å²) in [5.41, 5.74) is 0.428. The van der Waals surface area contributed by atoms with Gasteiger partial charge in [-0.2, -0.15) is 0 Å². The van der Waals surface area contributed by atoms with Gasteiger partial charge < -0.3 is 9.64 Å². The Kier molecular flexibility index (Phi) is 4.77. The first-order chi connectivity index (χ1) is 9.61. The number of carbonyl (C=O) groups excluding carboxylic acids is 2. The molecule has 1 saturated heterocycles. The number of piperidine rings is 1. The second-order valence-corrected chi connectivity index (χ2v) is 5.26. The monoisotopic (exact) mass is 275 g/mol. The van der Waals surface area contributed by atoms with Crippen LogP contribution in [-0.4, -0.2) is 36.3 Å². The lowest BCUT2D eigenvalue weighted by Gasteiger charge is -2.29. The Morgan fingerprint density at radius 1 is 1.20 bits per heavy atom. The van der Waals surface area contributed by atoms with Crippen LogP contribution in [0, 0.1) is 5.92 Å². The number of rotatable bonds is 4. The minimum atomic E-state index is -0.428. The zero-order valence-corrected chi connectivity index (χ0v) is 12.1. The number of carbonyl (C=O) groups is 2. The number of hydrogen-bond donors (Lipinski definition) is 0. The van der Waals surface area contributed by atoms with Crippen molar-refractivity contribution >= 4 is 11.7 Å². The van der Waals surface area contributed by atoms with Gasteiger partial charge in [0.2, 0.25) is 5.78 Å². The van der Waals surface area contributed by atoms with Gasteiger partial charge in [0, 0.05) is 18.7 Å². The van der Waals surface area contributed by atoms with Crippen LogP contribution in [0.15, 0.2) is 24.3 Å². The highest BCUT2D eigenvalue weighted by Crippen LogP contribution is 2.18. The first kappa shape index (κ1) is 14.6. The highest BCUT2D eigenvalue weighted by molar-refractivity contribution is 6.42. The van der Waals surface area contributed by atoms with E-state index < -0.39 is 5.78 Å². The van der Waals surface area contributed by atoms with Crippen LogP contribution in [0.4, 0.5) is 0 Å². The Balaban J connectivity index is 2.01. The molecule has 20 heavy (non-hydrogen) atoms. The zero-order chi connectivity index (χ0) is 14.5. The summed E-state index contributed by atoms with van der Waals surface area (Å²) in [5, 5.41) is 0. The SMILES string of the molecule is CCOc1ccc(C(=O)C(=O)N2CCC(C)CC2)cc1. The second kappa shape index (κ2) is 6.55. The molecule has 1 aromatic rings. The summed E-state index contributed by atoms with van der Waals surface area (Å²) < 4.78 is 5.32. The number of ether oxygens (including phenoxy) is 1. The topological polar surface area (TPSA) is 46.6 Å². The Hall–Kier alpha value is -1.84. The van der Waals surface area contributed by atoms with Crippen molar-refractivity contribution in [2.24, 2.45) is 5.92 Å². The average molecular weight is 275 g/mol. The van der Waals surface area contributed by atoms with Crippen LogP contribution in [0.3, 0.4) is 0 Å². The van der Waals surface area contributed by atoms with Crippen molar-refractivity contribution in [2.75, 3.05) is 19.7 Å². The molecule has 108 valence electrons. The molecule has 1 aromatic carbocycles. The number of nitrogens with zero attached hydrogens (tertiary/aromatic N) is 1. The third kappa shape index (κ3) is 3.38. The Bertz CT molecular complexity index is 473. The van der Waals surface area contributed by atoms with E-state index in [-0.39, 0.29) is 5.91 Å². The lowest BCUT2D eigenvalue weighted by molar-refractivity contribution is -0.127. The summed E-state index contributed by atoms with van der Waals surface area (Å²) in [5.74, 6) is 0.534. The predicted octanol–water partition coefficient (Wildman–Crippen LogP) is 2.53. The highest BCUT2D eigenvalue weighted by atomic mass is 16.5. The first-order valence-electron chi connectivity index (χ1n) is 7.18. The van der Waals surface area contributed by atoms with Gasteiger partial charge in [0.25, 0.3) is 5.91 Å². The second-order valence-electron chi connectivity index (χ2n) is 5.26. The van der Waals surface area contributed by atoms with Crippen molar-refractivity contribution < 1.29 is 14.3 Å². The minimum absolute atomic E-state index is 0.388. The van der Waals surface area contributed by atoms with Gasteiger partial charge in [0.15, 0.2) is 0 Å². The molecule has 1 aliphatic heterocycles. The fourth-order valence-corrected chi connectivity index (χ4v) is 2.35. The fraction of sp³-hybridized carbons (Fsp3) is 0.500. The molecule has 0 saturated carbocycles. The molecule has 0 spiro atoms. The van der Waals surface area contributed by atoms with Crippen LogP contribution >= 0.6 is 0 Å². The normalized spacial score (nSPS) is 16.0. The fourth-order valence-electron chi connectivity index (χ4n) is 2.35. The molecule has 0 N–H and O–H groups in total. The largest absolute Gasteiger partial charge is 0.494 e. The maximum Gasteiger partial charge on any atom is 0.294 e. The number of Topliss-reactive ketones (excluding diaryl/α,β-unsaturated/α-hetero) is 1. The van der Waals surface area contributed by atoms with Gasteiger partial charge in [-0.05, 0) is 49.9 Å². The summed E-state index contributed by atoms with van der Waals surface area (Å²) in [6.45, 7) is 6.03. The van der Waals surface area contributed by atoms with Gasteiger partial charge in [-0.25, -0.2) is 0 Å². The van der Waals surface area contributed by atoms with Gasteiger partial charge in [-0.1, -0.05) is 6.92 Å². The third-order valence-corrected chi connectivity index (χ3v) is 3.69. The van der Waals surface area contributed by atoms with E-state index in [1.807, 2.05) is 6.92 Å². The predicted molar refractivity (Wildman–Crippen MR) is 76.9 cm³/mol. The maximum absolute atomic E-state index is 12.2. The van der Waals surface area contributed by atoms with E-state index in [9.17, 15) is 9.59 Å². The Labute approximate surface area is 119 Å². The smallest absolute Gasteiger partial charge is 0.294 e. The van der Waals surface area contributed by atoms with Gasteiger partial charge in [0.1, 0.15) is 5.75 Å².